The summed E-state index contributed by atoms with van der Waals surface area (Å²) in [5.74, 6) is 0. The first kappa shape index (κ1) is 21.3. The lowest BCUT2D eigenvalue weighted by atomic mass is 10.1. The van der Waals surface area contributed by atoms with Crippen LogP contribution in [0.15, 0.2) is 54.6 Å². The Kier molecular flexibility index (Phi) is 10.0. The molecule has 2 aromatic rings. The predicted octanol–water partition coefficient (Wildman–Crippen LogP) is 4.87. The van der Waals surface area contributed by atoms with Gasteiger partial charge in [0.1, 0.15) is 6.61 Å². The van der Waals surface area contributed by atoms with E-state index in [1.54, 1.807) is 24.3 Å². The van der Waals surface area contributed by atoms with Gasteiger partial charge in [-0.15, -0.1) is 12.4 Å². The van der Waals surface area contributed by atoms with E-state index in [1.165, 1.54) is 5.56 Å². The van der Waals surface area contributed by atoms with Crippen molar-refractivity contribution in [3.05, 3.63) is 65.2 Å². The summed E-state index contributed by atoms with van der Waals surface area (Å²) in [5, 5.41) is 3.23. The number of nitrogens with one attached hydrogen (secondary N) is 1. The van der Waals surface area contributed by atoms with Gasteiger partial charge >= 0.3 is 6.09 Å². The number of rotatable bonds is 8. The third kappa shape index (κ3) is 8.77. The molecule has 0 heterocycles. The summed E-state index contributed by atoms with van der Waals surface area (Å²) in [7, 11) is 2.03. The number of likely N-dealkylation sites (N-methyl/N-ethyl adjacent to an activating group) is 1. The second kappa shape index (κ2) is 11.7. The van der Waals surface area contributed by atoms with Gasteiger partial charge < -0.3 is 9.64 Å². The lowest BCUT2D eigenvalue weighted by Crippen LogP contribution is -2.26. The van der Waals surface area contributed by atoms with Crippen molar-refractivity contribution in [2.45, 2.75) is 12.8 Å². The highest BCUT2D eigenvalue weighted by Gasteiger charge is 2.05. The molecule has 0 atom stereocenters. The van der Waals surface area contributed by atoms with Crippen LogP contribution in [-0.2, 0) is 11.2 Å². The second-order valence-electron chi connectivity index (χ2n) is 5.66. The van der Waals surface area contributed by atoms with E-state index < -0.39 is 6.09 Å². The molecule has 0 fully saturated rings. The molecule has 2 aromatic carbocycles. The van der Waals surface area contributed by atoms with E-state index in [9.17, 15) is 4.79 Å². The van der Waals surface area contributed by atoms with Gasteiger partial charge in [-0.05, 0) is 50.2 Å². The van der Waals surface area contributed by atoms with Gasteiger partial charge in [-0.25, -0.2) is 4.79 Å². The fourth-order valence-corrected chi connectivity index (χ4v) is 2.51. The van der Waals surface area contributed by atoms with Crippen molar-refractivity contribution in [3.63, 3.8) is 0 Å². The number of halogens is 2. The summed E-state index contributed by atoms with van der Waals surface area (Å²) in [6.07, 6.45) is 1.67. The van der Waals surface area contributed by atoms with E-state index in [4.69, 9.17) is 16.3 Å². The van der Waals surface area contributed by atoms with Gasteiger partial charge in [-0.1, -0.05) is 48.0 Å². The Morgan fingerprint density at radius 1 is 1.12 bits per heavy atom. The number of anilines is 1. The molecule has 0 saturated carbocycles. The number of nitrogens with zero attached hydrogens (tertiary/aromatic N) is 1. The minimum absolute atomic E-state index is 0. The first-order chi connectivity index (χ1) is 11.6. The van der Waals surface area contributed by atoms with Crippen molar-refractivity contribution in [1.29, 1.82) is 0 Å². The monoisotopic (exact) mass is 382 g/mol. The zero-order valence-electron chi connectivity index (χ0n) is 14.3. The Balaban J connectivity index is 0.00000312. The fourth-order valence-electron chi connectivity index (χ4n) is 2.32. The van der Waals surface area contributed by atoms with E-state index in [2.05, 4.69) is 34.5 Å². The Morgan fingerprint density at radius 3 is 2.60 bits per heavy atom. The number of benzene rings is 2. The first-order valence-corrected chi connectivity index (χ1v) is 8.43. The summed E-state index contributed by atoms with van der Waals surface area (Å²) >= 11 is 5.87. The maximum absolute atomic E-state index is 11.7. The highest BCUT2D eigenvalue weighted by atomic mass is 35.5. The van der Waals surface area contributed by atoms with Crippen molar-refractivity contribution in [1.82, 2.24) is 4.90 Å². The van der Waals surface area contributed by atoms with Crippen LogP contribution in [0.5, 0.6) is 0 Å². The number of carbonyl (C=O) groups is 1. The first-order valence-electron chi connectivity index (χ1n) is 8.05. The minimum atomic E-state index is -0.463. The van der Waals surface area contributed by atoms with Gasteiger partial charge in [0, 0.05) is 17.3 Å². The van der Waals surface area contributed by atoms with E-state index in [0.29, 0.717) is 23.9 Å². The van der Waals surface area contributed by atoms with Crippen molar-refractivity contribution >= 4 is 35.8 Å². The van der Waals surface area contributed by atoms with Crippen LogP contribution >= 0.6 is 24.0 Å². The molecule has 0 radical (unpaired) electrons. The van der Waals surface area contributed by atoms with E-state index in [1.807, 2.05) is 13.1 Å². The number of amides is 1. The van der Waals surface area contributed by atoms with Crippen LogP contribution in [0.1, 0.15) is 12.0 Å². The van der Waals surface area contributed by atoms with Crippen LogP contribution in [0, 0.1) is 0 Å². The molecular formula is C19H24Cl2N2O2. The Bertz CT molecular complexity index is 638. The van der Waals surface area contributed by atoms with Gasteiger partial charge in [-0.2, -0.15) is 0 Å². The van der Waals surface area contributed by atoms with Gasteiger partial charge in [0.05, 0.1) is 0 Å². The van der Waals surface area contributed by atoms with E-state index in [0.717, 1.165) is 19.4 Å². The summed E-state index contributed by atoms with van der Waals surface area (Å²) in [5.41, 5.74) is 1.98. The van der Waals surface area contributed by atoms with Crippen LogP contribution in [0.4, 0.5) is 10.5 Å². The Hall–Kier alpha value is -1.75. The molecule has 0 aliphatic heterocycles. The Morgan fingerprint density at radius 2 is 1.88 bits per heavy atom. The molecule has 0 spiro atoms. The van der Waals surface area contributed by atoms with Gasteiger partial charge in [-0.3, -0.25) is 5.32 Å². The van der Waals surface area contributed by atoms with E-state index in [-0.39, 0.29) is 12.4 Å². The molecule has 0 saturated heterocycles. The molecule has 4 nitrogen and oxygen atoms in total. The number of aryl methyl sites for hydroxylation is 1. The zero-order chi connectivity index (χ0) is 17.2. The van der Waals surface area contributed by atoms with Gasteiger partial charge in [0.25, 0.3) is 0 Å². The molecule has 25 heavy (non-hydrogen) atoms. The quantitative estimate of drug-likeness (QED) is 0.707. The smallest absolute Gasteiger partial charge is 0.411 e. The third-order valence-electron chi connectivity index (χ3n) is 3.63. The molecule has 6 heteroatoms. The van der Waals surface area contributed by atoms with Crippen LogP contribution < -0.4 is 5.32 Å². The number of hydrogen-bond donors (Lipinski definition) is 1. The average Bonchev–Trinajstić information content (AvgIpc) is 2.56. The summed E-state index contributed by atoms with van der Waals surface area (Å²) in [6.45, 7) is 2.03. The molecule has 0 bridgehead atoms. The van der Waals surface area contributed by atoms with Crippen molar-refractivity contribution in [3.8, 4) is 0 Å². The maximum Gasteiger partial charge on any atom is 0.411 e. The summed E-state index contributed by atoms with van der Waals surface area (Å²) < 4.78 is 5.19. The van der Waals surface area contributed by atoms with Crippen molar-refractivity contribution < 1.29 is 9.53 Å². The zero-order valence-corrected chi connectivity index (χ0v) is 15.9. The molecule has 0 aliphatic rings. The summed E-state index contributed by atoms with van der Waals surface area (Å²) in [6, 6.07) is 17.4. The highest BCUT2D eigenvalue weighted by molar-refractivity contribution is 6.30. The average molecular weight is 383 g/mol. The minimum Gasteiger partial charge on any atom is -0.448 e. The topological polar surface area (TPSA) is 41.6 Å². The highest BCUT2D eigenvalue weighted by Crippen LogP contribution is 2.14. The largest absolute Gasteiger partial charge is 0.448 e. The van der Waals surface area contributed by atoms with Crippen molar-refractivity contribution in [2.24, 2.45) is 0 Å². The van der Waals surface area contributed by atoms with Gasteiger partial charge in [0.2, 0.25) is 0 Å². The maximum atomic E-state index is 11.7. The lowest BCUT2D eigenvalue weighted by molar-refractivity contribution is 0.146. The SMILES string of the molecule is CN(CCCc1ccccc1)CCOC(=O)Nc1cccc(Cl)c1.Cl. The summed E-state index contributed by atoms with van der Waals surface area (Å²) in [4.78, 5) is 13.9. The molecule has 136 valence electrons. The molecular weight excluding hydrogens is 359 g/mol. The molecule has 0 unspecified atom stereocenters. The van der Waals surface area contributed by atoms with Gasteiger partial charge in [0.15, 0.2) is 0 Å². The lowest BCUT2D eigenvalue weighted by Gasteiger charge is -2.16. The second-order valence-corrected chi connectivity index (χ2v) is 6.10. The standard InChI is InChI=1S/C19H23ClN2O2.ClH/c1-22(12-6-9-16-7-3-2-4-8-16)13-14-24-19(23)21-18-11-5-10-17(20)15-18;/h2-5,7-8,10-11,15H,6,9,12-14H2,1H3,(H,21,23);1H. The van der Waals surface area contributed by atoms with Crippen LogP contribution in [-0.4, -0.2) is 37.7 Å². The third-order valence-corrected chi connectivity index (χ3v) is 3.86. The Labute approximate surface area is 160 Å². The normalized spacial score (nSPS) is 10.2. The van der Waals surface area contributed by atoms with Crippen LogP contribution in [0.25, 0.3) is 0 Å². The molecule has 0 aliphatic carbocycles. The van der Waals surface area contributed by atoms with Crippen molar-refractivity contribution in [2.75, 3.05) is 32.1 Å². The predicted molar refractivity (Wildman–Crippen MR) is 106 cm³/mol. The number of carbonyl (C=O) groups excluding carboxylic acids is 1. The number of hydrogen-bond acceptors (Lipinski definition) is 3. The van der Waals surface area contributed by atoms with Crippen LogP contribution in [0.2, 0.25) is 5.02 Å². The molecule has 2 rings (SSSR count). The van der Waals surface area contributed by atoms with Crippen LogP contribution in [0.3, 0.4) is 0 Å². The molecule has 1 N–H and O–H groups in total. The molecule has 1 amide bonds. The molecule has 0 aromatic heterocycles. The number of ether oxygens (including phenoxy) is 1. The van der Waals surface area contributed by atoms with E-state index >= 15 is 0 Å². The fraction of sp³-hybridized carbons (Fsp3) is 0.316.